The summed E-state index contributed by atoms with van der Waals surface area (Å²) in [5.74, 6) is 1.24. The summed E-state index contributed by atoms with van der Waals surface area (Å²) in [4.78, 5) is 0. The zero-order chi connectivity index (χ0) is 13.3. The molecule has 1 aliphatic carbocycles. The number of methoxy groups -OCH3 is 1. The highest BCUT2D eigenvalue weighted by Crippen LogP contribution is 2.47. The Morgan fingerprint density at radius 3 is 2.85 bits per heavy atom. The van der Waals surface area contributed by atoms with Gasteiger partial charge in [0.15, 0.2) is 0 Å². The van der Waals surface area contributed by atoms with Crippen LogP contribution in [0.4, 0.5) is 0 Å². The molecule has 2 aliphatic rings. The van der Waals surface area contributed by atoms with Crippen molar-refractivity contribution >= 4 is 12.4 Å². The van der Waals surface area contributed by atoms with Crippen LogP contribution in [0.1, 0.15) is 43.7 Å². The maximum Gasteiger partial charge on any atom is 0.123 e. The van der Waals surface area contributed by atoms with Crippen LogP contribution in [-0.4, -0.2) is 24.4 Å². The van der Waals surface area contributed by atoms with Crippen molar-refractivity contribution in [3.8, 4) is 5.75 Å². The number of fused-ring (bicyclic) bond motifs is 1. The summed E-state index contributed by atoms with van der Waals surface area (Å²) in [7, 11) is 1.72. The van der Waals surface area contributed by atoms with Gasteiger partial charge in [-0.15, -0.1) is 12.4 Å². The predicted molar refractivity (Wildman–Crippen MR) is 82.5 cm³/mol. The number of rotatable bonds is 2. The number of benzene rings is 1. The van der Waals surface area contributed by atoms with Crippen LogP contribution in [0.5, 0.6) is 5.75 Å². The molecule has 1 heterocycles. The van der Waals surface area contributed by atoms with E-state index in [1.54, 1.807) is 7.11 Å². The summed E-state index contributed by atoms with van der Waals surface area (Å²) >= 11 is 0. The molecule has 0 radical (unpaired) electrons. The highest BCUT2D eigenvalue weighted by atomic mass is 35.5. The lowest BCUT2D eigenvalue weighted by Crippen LogP contribution is -2.53. The number of ether oxygens (including phenoxy) is 1. The van der Waals surface area contributed by atoms with Crippen molar-refractivity contribution in [2.75, 3.05) is 13.7 Å². The third kappa shape index (κ3) is 2.67. The average molecular weight is 298 g/mol. The summed E-state index contributed by atoms with van der Waals surface area (Å²) in [6.07, 6.45) is 5.31. The van der Waals surface area contributed by atoms with Crippen LogP contribution >= 0.6 is 12.4 Å². The highest BCUT2D eigenvalue weighted by molar-refractivity contribution is 5.85. The normalized spacial score (nSPS) is 32.9. The largest absolute Gasteiger partial charge is 0.496 e. The first kappa shape index (κ1) is 15.6. The zero-order valence-corrected chi connectivity index (χ0v) is 12.8. The van der Waals surface area contributed by atoms with Crippen LogP contribution in [0.15, 0.2) is 24.3 Å². The van der Waals surface area contributed by atoms with Crippen molar-refractivity contribution in [1.82, 2.24) is 5.32 Å². The minimum Gasteiger partial charge on any atom is -0.496 e. The van der Waals surface area contributed by atoms with Crippen LogP contribution in [0.25, 0.3) is 0 Å². The van der Waals surface area contributed by atoms with Crippen molar-refractivity contribution in [1.29, 1.82) is 0 Å². The van der Waals surface area contributed by atoms with Gasteiger partial charge in [-0.1, -0.05) is 31.0 Å². The van der Waals surface area contributed by atoms with Gasteiger partial charge >= 0.3 is 0 Å². The second-order valence-electron chi connectivity index (χ2n) is 5.88. The van der Waals surface area contributed by atoms with E-state index in [4.69, 9.17) is 4.74 Å². The molecule has 0 bridgehead atoms. The number of aliphatic hydroxyl groups is 1. The van der Waals surface area contributed by atoms with E-state index in [9.17, 15) is 5.11 Å². The zero-order valence-electron chi connectivity index (χ0n) is 12.0. The first-order chi connectivity index (χ1) is 9.24. The molecule has 0 spiro atoms. The second-order valence-corrected chi connectivity index (χ2v) is 5.88. The third-order valence-electron chi connectivity index (χ3n) is 4.86. The van der Waals surface area contributed by atoms with Gasteiger partial charge in [-0.05, 0) is 31.9 Å². The Morgan fingerprint density at radius 2 is 2.05 bits per heavy atom. The van der Waals surface area contributed by atoms with Gasteiger partial charge in [-0.25, -0.2) is 0 Å². The van der Waals surface area contributed by atoms with Gasteiger partial charge in [0.2, 0.25) is 0 Å². The maximum atomic E-state index is 10.9. The van der Waals surface area contributed by atoms with Crippen molar-refractivity contribution in [2.24, 2.45) is 5.92 Å². The number of piperidine rings is 1. The molecular formula is C16H24ClNO2. The van der Waals surface area contributed by atoms with Crippen molar-refractivity contribution < 1.29 is 9.84 Å². The van der Waals surface area contributed by atoms with E-state index in [-0.39, 0.29) is 18.4 Å². The van der Waals surface area contributed by atoms with Gasteiger partial charge in [0.05, 0.1) is 12.7 Å². The molecule has 2 fully saturated rings. The highest BCUT2D eigenvalue weighted by Gasteiger charge is 2.46. The van der Waals surface area contributed by atoms with Gasteiger partial charge in [-0.3, -0.25) is 0 Å². The quantitative estimate of drug-likeness (QED) is 0.881. The fraction of sp³-hybridized carbons (Fsp3) is 0.625. The first-order valence-corrected chi connectivity index (χ1v) is 7.33. The van der Waals surface area contributed by atoms with E-state index >= 15 is 0 Å². The summed E-state index contributed by atoms with van der Waals surface area (Å²) < 4.78 is 5.49. The van der Waals surface area contributed by atoms with Gasteiger partial charge < -0.3 is 15.2 Å². The molecule has 0 aromatic heterocycles. The van der Waals surface area contributed by atoms with Crippen molar-refractivity contribution in [3.05, 3.63) is 29.8 Å². The molecule has 20 heavy (non-hydrogen) atoms. The van der Waals surface area contributed by atoms with Crippen LogP contribution in [-0.2, 0) is 0 Å². The van der Waals surface area contributed by atoms with Crippen molar-refractivity contribution in [3.63, 3.8) is 0 Å². The van der Waals surface area contributed by atoms with Crippen LogP contribution < -0.4 is 10.1 Å². The molecule has 2 N–H and O–H groups in total. The number of hydrogen-bond donors (Lipinski definition) is 2. The number of para-hydroxylation sites is 1. The lowest BCUT2D eigenvalue weighted by molar-refractivity contribution is -0.0863. The number of nitrogens with one attached hydrogen (secondary N) is 1. The molecule has 1 saturated carbocycles. The molecule has 1 saturated heterocycles. The summed E-state index contributed by atoms with van der Waals surface area (Å²) in [6.45, 7) is 0.885. The topological polar surface area (TPSA) is 41.5 Å². The lowest BCUT2D eigenvalue weighted by Gasteiger charge is -2.48. The summed E-state index contributed by atoms with van der Waals surface area (Å²) in [6, 6.07) is 8.40. The molecule has 1 aromatic carbocycles. The molecule has 112 valence electrons. The van der Waals surface area contributed by atoms with Crippen molar-refractivity contribution in [2.45, 2.75) is 43.7 Å². The predicted octanol–water partition coefficient (Wildman–Crippen LogP) is 3.07. The lowest BCUT2D eigenvalue weighted by atomic mass is 9.66. The monoisotopic (exact) mass is 297 g/mol. The third-order valence-corrected chi connectivity index (χ3v) is 4.86. The standard InChI is InChI=1S/C16H23NO2.ClH/c1-19-14-8-3-2-6-12(14)15-13-7-4-5-9-16(13,18)10-11-17-15;/h2-3,6,8,13,15,17-18H,4-5,7,9-11H2,1H3;1H. The molecule has 3 rings (SSSR count). The van der Waals surface area contributed by atoms with E-state index in [0.29, 0.717) is 5.92 Å². The summed E-state index contributed by atoms with van der Waals surface area (Å²) in [5, 5.41) is 14.5. The maximum absolute atomic E-state index is 10.9. The molecule has 3 nitrogen and oxygen atoms in total. The first-order valence-electron chi connectivity index (χ1n) is 7.33. The van der Waals surface area contributed by atoms with Gasteiger partial charge in [0, 0.05) is 17.5 Å². The molecule has 1 aromatic rings. The molecule has 0 amide bonds. The minimum absolute atomic E-state index is 0. The van der Waals surface area contributed by atoms with Gasteiger partial charge in [0.25, 0.3) is 0 Å². The number of hydrogen-bond acceptors (Lipinski definition) is 3. The van der Waals surface area contributed by atoms with Crippen LogP contribution in [0.3, 0.4) is 0 Å². The van der Waals surface area contributed by atoms with E-state index < -0.39 is 5.60 Å². The molecule has 3 unspecified atom stereocenters. The fourth-order valence-electron chi connectivity index (χ4n) is 3.87. The Morgan fingerprint density at radius 1 is 1.25 bits per heavy atom. The molecule has 1 aliphatic heterocycles. The van der Waals surface area contributed by atoms with Gasteiger partial charge in [-0.2, -0.15) is 0 Å². The second kappa shape index (κ2) is 6.33. The average Bonchev–Trinajstić information content (AvgIpc) is 2.46. The minimum atomic E-state index is -0.477. The molecule has 3 atom stereocenters. The van der Waals surface area contributed by atoms with Gasteiger partial charge in [0.1, 0.15) is 5.75 Å². The Bertz CT molecular complexity index is 450. The van der Waals surface area contributed by atoms with E-state index in [1.165, 1.54) is 12.0 Å². The van der Waals surface area contributed by atoms with E-state index in [0.717, 1.165) is 38.0 Å². The van der Waals surface area contributed by atoms with E-state index in [1.807, 2.05) is 12.1 Å². The Balaban J connectivity index is 0.00000147. The summed E-state index contributed by atoms with van der Waals surface area (Å²) in [5.41, 5.74) is 0.713. The fourth-order valence-corrected chi connectivity index (χ4v) is 3.87. The Kier molecular flexibility index (Phi) is 4.95. The number of halogens is 1. The Hall–Kier alpha value is -0.770. The van der Waals surface area contributed by atoms with Crippen LogP contribution in [0.2, 0.25) is 0 Å². The molecule has 4 heteroatoms. The Labute approximate surface area is 127 Å². The molecular weight excluding hydrogens is 274 g/mol. The smallest absolute Gasteiger partial charge is 0.123 e. The SMILES string of the molecule is COc1ccccc1C1NCCC2(O)CCCCC12.Cl. The van der Waals surface area contributed by atoms with Crippen LogP contribution in [0, 0.1) is 5.92 Å². The van der Waals surface area contributed by atoms with E-state index in [2.05, 4.69) is 17.4 Å².